The minimum Gasteiger partial charge on any atom is -0.352 e. The molecule has 3 amide bonds. The van der Waals surface area contributed by atoms with E-state index >= 15 is 0 Å². The number of imidazole rings is 1. The van der Waals surface area contributed by atoms with Crippen LogP contribution >= 0.6 is 0 Å². The molecule has 214 valence electrons. The lowest BCUT2D eigenvalue weighted by Crippen LogP contribution is -2.50. The van der Waals surface area contributed by atoms with E-state index in [4.69, 9.17) is 0 Å². The summed E-state index contributed by atoms with van der Waals surface area (Å²) >= 11 is 0. The number of amides is 3. The van der Waals surface area contributed by atoms with Crippen LogP contribution in [0.3, 0.4) is 0 Å². The molecule has 0 saturated carbocycles. The second-order valence-electron chi connectivity index (χ2n) is 11.1. The smallest absolute Gasteiger partial charge is 0.352 e. The number of hydrogen-bond acceptors (Lipinski definition) is 4. The lowest BCUT2D eigenvalue weighted by atomic mass is 9.87. The van der Waals surface area contributed by atoms with Gasteiger partial charge in [-0.05, 0) is 73.7 Å². The predicted octanol–water partition coefficient (Wildman–Crippen LogP) is 5.25. The first-order chi connectivity index (χ1) is 19.4. The highest BCUT2D eigenvalue weighted by Gasteiger charge is 2.32. The van der Waals surface area contributed by atoms with Crippen molar-refractivity contribution in [1.82, 2.24) is 29.9 Å². The Morgan fingerprint density at radius 3 is 2.59 bits per heavy atom. The molecule has 4 aromatic rings. The fourth-order valence-corrected chi connectivity index (χ4v) is 4.99. The standard InChI is InChI=1S/C30H31F3N6O2/c1-29(2,3)37-28(41)39-15-11-23-22(19-6-4-7-20(16-19)30(31,32)33)8-9-24(25(23)18-39)26(40)34-13-10-21-17-38-14-5-12-35-27(38)36-21/h4-9,12,14,16-17H,10-11,13,15,18H2,1-3H3,(H,34,40)(H,37,41). The highest BCUT2D eigenvalue weighted by Crippen LogP contribution is 2.36. The monoisotopic (exact) mass is 564 g/mol. The Balaban J connectivity index is 1.43. The molecule has 3 heterocycles. The second kappa shape index (κ2) is 10.9. The third kappa shape index (κ3) is 6.34. The summed E-state index contributed by atoms with van der Waals surface area (Å²) in [5, 5.41) is 5.89. The topological polar surface area (TPSA) is 91.6 Å². The molecular weight excluding hydrogens is 533 g/mol. The SMILES string of the molecule is CC(C)(C)NC(=O)N1CCc2c(-c3cccc(C(F)(F)F)c3)ccc(C(=O)NCCc3cn4cccnc4n3)c2C1. The number of benzene rings is 2. The summed E-state index contributed by atoms with van der Waals surface area (Å²) in [4.78, 5) is 36.7. The number of carbonyl (C=O) groups is 2. The van der Waals surface area contributed by atoms with Gasteiger partial charge in [0.1, 0.15) is 0 Å². The summed E-state index contributed by atoms with van der Waals surface area (Å²) in [6.07, 6.45) is 1.76. The predicted molar refractivity (Wildman–Crippen MR) is 148 cm³/mol. The van der Waals surface area contributed by atoms with Gasteiger partial charge in [-0.15, -0.1) is 0 Å². The molecule has 0 unspecified atom stereocenters. The molecule has 0 bridgehead atoms. The Labute approximate surface area is 235 Å². The van der Waals surface area contributed by atoms with Crippen LogP contribution in [0.5, 0.6) is 0 Å². The third-order valence-electron chi connectivity index (χ3n) is 6.88. The first kappa shape index (κ1) is 28.1. The van der Waals surface area contributed by atoms with E-state index in [-0.39, 0.29) is 18.5 Å². The van der Waals surface area contributed by atoms with E-state index in [1.54, 1.807) is 39.8 Å². The van der Waals surface area contributed by atoms with Gasteiger partial charge in [-0.3, -0.25) is 9.20 Å². The number of urea groups is 1. The van der Waals surface area contributed by atoms with Gasteiger partial charge >= 0.3 is 12.2 Å². The third-order valence-corrected chi connectivity index (χ3v) is 6.88. The van der Waals surface area contributed by atoms with Crippen LogP contribution in [0, 0.1) is 0 Å². The summed E-state index contributed by atoms with van der Waals surface area (Å²) in [6.45, 7) is 6.49. The van der Waals surface area contributed by atoms with Crippen molar-refractivity contribution in [1.29, 1.82) is 0 Å². The van der Waals surface area contributed by atoms with E-state index < -0.39 is 17.3 Å². The lowest BCUT2D eigenvalue weighted by molar-refractivity contribution is -0.137. The molecule has 1 aliphatic rings. The number of nitrogens with one attached hydrogen (secondary N) is 2. The summed E-state index contributed by atoms with van der Waals surface area (Å²) in [6, 6.07) is 10.0. The van der Waals surface area contributed by atoms with Crippen LogP contribution in [-0.2, 0) is 25.6 Å². The summed E-state index contributed by atoms with van der Waals surface area (Å²) < 4.78 is 42.2. The van der Waals surface area contributed by atoms with Crippen LogP contribution in [0.1, 0.15) is 53.5 Å². The maximum absolute atomic E-state index is 13.5. The minimum absolute atomic E-state index is 0.158. The maximum Gasteiger partial charge on any atom is 0.416 e. The Hall–Kier alpha value is -4.41. The highest BCUT2D eigenvalue weighted by molar-refractivity contribution is 5.97. The molecule has 2 aromatic heterocycles. The van der Waals surface area contributed by atoms with Crippen LogP contribution in [0.25, 0.3) is 16.9 Å². The second-order valence-corrected chi connectivity index (χ2v) is 11.1. The van der Waals surface area contributed by atoms with Gasteiger partial charge in [0, 0.05) is 55.7 Å². The maximum atomic E-state index is 13.5. The fourth-order valence-electron chi connectivity index (χ4n) is 4.99. The molecule has 0 radical (unpaired) electrons. The van der Waals surface area contributed by atoms with Crippen molar-refractivity contribution in [3.8, 4) is 11.1 Å². The zero-order valence-corrected chi connectivity index (χ0v) is 23.0. The molecule has 5 rings (SSSR count). The van der Waals surface area contributed by atoms with Crippen molar-refractivity contribution in [2.24, 2.45) is 0 Å². The van der Waals surface area contributed by atoms with E-state index in [9.17, 15) is 22.8 Å². The molecular formula is C30H31F3N6O2. The van der Waals surface area contributed by atoms with Gasteiger partial charge in [0.2, 0.25) is 5.78 Å². The van der Waals surface area contributed by atoms with Crippen molar-refractivity contribution in [3.05, 3.63) is 89.0 Å². The van der Waals surface area contributed by atoms with Gasteiger partial charge in [0.15, 0.2) is 0 Å². The number of carbonyl (C=O) groups excluding carboxylic acids is 2. The molecule has 8 nitrogen and oxygen atoms in total. The number of fused-ring (bicyclic) bond motifs is 2. The van der Waals surface area contributed by atoms with Crippen molar-refractivity contribution in [2.75, 3.05) is 13.1 Å². The molecule has 1 aliphatic heterocycles. The molecule has 11 heteroatoms. The van der Waals surface area contributed by atoms with Crippen molar-refractivity contribution in [3.63, 3.8) is 0 Å². The normalized spacial score (nSPS) is 13.7. The van der Waals surface area contributed by atoms with Crippen molar-refractivity contribution in [2.45, 2.75) is 51.9 Å². The van der Waals surface area contributed by atoms with E-state index in [0.29, 0.717) is 54.0 Å². The average molecular weight is 565 g/mol. The quantitative estimate of drug-likeness (QED) is 0.346. The molecule has 2 aromatic carbocycles. The number of rotatable bonds is 5. The van der Waals surface area contributed by atoms with Gasteiger partial charge in [-0.25, -0.2) is 14.8 Å². The molecule has 0 atom stereocenters. The molecule has 41 heavy (non-hydrogen) atoms. The number of halogens is 3. The van der Waals surface area contributed by atoms with Gasteiger partial charge in [-0.2, -0.15) is 13.2 Å². The van der Waals surface area contributed by atoms with E-state index in [1.807, 2.05) is 33.2 Å². The lowest BCUT2D eigenvalue weighted by Gasteiger charge is -2.34. The molecule has 0 saturated heterocycles. The number of nitrogens with zero attached hydrogens (tertiary/aromatic N) is 4. The van der Waals surface area contributed by atoms with E-state index in [1.165, 1.54) is 6.07 Å². The zero-order valence-electron chi connectivity index (χ0n) is 23.0. The molecule has 2 N–H and O–H groups in total. The largest absolute Gasteiger partial charge is 0.416 e. The number of hydrogen-bond donors (Lipinski definition) is 2. The van der Waals surface area contributed by atoms with Crippen LogP contribution in [0.4, 0.5) is 18.0 Å². The van der Waals surface area contributed by atoms with Crippen molar-refractivity contribution < 1.29 is 22.8 Å². The van der Waals surface area contributed by atoms with Crippen LogP contribution in [-0.4, -0.2) is 49.8 Å². The summed E-state index contributed by atoms with van der Waals surface area (Å²) in [5.74, 6) is 0.249. The van der Waals surface area contributed by atoms with E-state index in [0.717, 1.165) is 23.4 Å². The Morgan fingerprint density at radius 1 is 1.05 bits per heavy atom. The zero-order chi connectivity index (χ0) is 29.4. The van der Waals surface area contributed by atoms with Gasteiger partial charge in [0.25, 0.3) is 5.91 Å². The Morgan fingerprint density at radius 2 is 1.85 bits per heavy atom. The van der Waals surface area contributed by atoms with Crippen LogP contribution in [0.15, 0.2) is 61.1 Å². The number of alkyl halides is 3. The van der Waals surface area contributed by atoms with Crippen LogP contribution < -0.4 is 10.6 Å². The van der Waals surface area contributed by atoms with Crippen LogP contribution in [0.2, 0.25) is 0 Å². The average Bonchev–Trinajstić information content (AvgIpc) is 3.33. The van der Waals surface area contributed by atoms with Gasteiger partial charge in [0.05, 0.1) is 11.3 Å². The van der Waals surface area contributed by atoms with E-state index in [2.05, 4.69) is 20.6 Å². The molecule has 0 aliphatic carbocycles. The summed E-state index contributed by atoms with van der Waals surface area (Å²) in [5.41, 5.74) is 2.40. The number of aromatic nitrogens is 3. The highest BCUT2D eigenvalue weighted by atomic mass is 19.4. The van der Waals surface area contributed by atoms with Crippen molar-refractivity contribution >= 4 is 17.7 Å². The molecule has 0 fully saturated rings. The first-order valence-electron chi connectivity index (χ1n) is 13.4. The first-order valence-corrected chi connectivity index (χ1v) is 13.4. The van der Waals surface area contributed by atoms with Gasteiger partial charge in [-0.1, -0.05) is 18.2 Å². The summed E-state index contributed by atoms with van der Waals surface area (Å²) in [7, 11) is 0. The Bertz CT molecular complexity index is 1570. The fraction of sp³-hybridized carbons (Fsp3) is 0.333. The Kier molecular flexibility index (Phi) is 7.46. The van der Waals surface area contributed by atoms with Gasteiger partial charge < -0.3 is 15.5 Å². The minimum atomic E-state index is -4.48. The molecule has 0 spiro atoms.